The van der Waals surface area contributed by atoms with Crippen molar-refractivity contribution < 1.29 is 37.0 Å². The number of ether oxygens (including phenoxy) is 2. The molecule has 0 bridgehead atoms. The summed E-state index contributed by atoms with van der Waals surface area (Å²) >= 11 is 0. The Morgan fingerprint density at radius 2 is 1.09 bits per heavy atom. The molecule has 5 aromatic rings. The molecule has 302 valence electrons. The van der Waals surface area contributed by atoms with E-state index in [0.29, 0.717) is 5.75 Å². The van der Waals surface area contributed by atoms with Gasteiger partial charge < -0.3 is 13.9 Å². The molecule has 8 rings (SSSR count). The van der Waals surface area contributed by atoms with Crippen LogP contribution in [-0.2, 0) is 27.3 Å². The fourth-order valence-electron chi connectivity index (χ4n) is 8.10. The molecule has 2 aliphatic carbocycles. The molecule has 10 nitrogen and oxygen atoms in total. The fraction of sp³-hybridized carbons (Fsp3) is 0.348. The molecule has 1 fully saturated rings. The van der Waals surface area contributed by atoms with Crippen molar-refractivity contribution in [3.8, 4) is 28.0 Å². The van der Waals surface area contributed by atoms with Crippen LogP contribution >= 0.6 is 7.82 Å². The molecule has 1 aliphatic heterocycles. The number of nitro groups is 1. The predicted octanol–water partition coefficient (Wildman–Crippen LogP) is 11.5. The van der Waals surface area contributed by atoms with Crippen LogP contribution in [0.1, 0.15) is 61.8 Å². The normalized spacial score (nSPS) is 20.4. The Labute approximate surface area is 341 Å². The zero-order valence-electron chi connectivity index (χ0n) is 33.7. The monoisotopic (exact) mass is 819 g/mol. The predicted molar refractivity (Wildman–Crippen MR) is 227 cm³/mol. The van der Waals surface area contributed by atoms with E-state index in [4.69, 9.17) is 27.5 Å². The van der Waals surface area contributed by atoms with Crippen LogP contribution in [0.2, 0.25) is 18.1 Å². The van der Waals surface area contributed by atoms with E-state index in [0.717, 1.165) is 44.5 Å². The Morgan fingerprint density at radius 3 is 1.50 bits per heavy atom. The maximum Gasteiger partial charge on any atom is 0.474 e. The molecule has 0 aromatic heterocycles. The molecule has 4 atom stereocenters. The maximum absolute atomic E-state index is 15.2. The number of fused-ring (bicyclic) bond motifs is 6. The Kier molecular flexibility index (Phi) is 11.1. The molecule has 0 amide bonds. The molecule has 1 heterocycles. The van der Waals surface area contributed by atoms with Gasteiger partial charge in [0.25, 0.3) is 5.69 Å². The quantitative estimate of drug-likeness (QED) is 0.0467. The van der Waals surface area contributed by atoms with Gasteiger partial charge in [0.05, 0.1) is 30.8 Å². The maximum atomic E-state index is 15.2. The molecule has 0 radical (unpaired) electrons. The van der Waals surface area contributed by atoms with Gasteiger partial charge in [0.1, 0.15) is 11.9 Å². The molecule has 5 aromatic carbocycles. The molecule has 3 aliphatic rings. The number of rotatable bonds is 14. The van der Waals surface area contributed by atoms with Crippen molar-refractivity contribution >= 4 is 21.8 Å². The average Bonchev–Trinajstić information content (AvgIpc) is 3.81. The lowest BCUT2D eigenvalue weighted by molar-refractivity contribution is -0.384. The van der Waals surface area contributed by atoms with E-state index in [9.17, 15) is 10.1 Å². The van der Waals surface area contributed by atoms with Gasteiger partial charge >= 0.3 is 7.82 Å². The molecule has 0 spiro atoms. The smallest absolute Gasteiger partial charge is 0.465 e. The number of hydrogen-bond acceptors (Lipinski definition) is 9. The van der Waals surface area contributed by atoms with Crippen LogP contribution in [0.15, 0.2) is 121 Å². The lowest BCUT2D eigenvalue weighted by Gasteiger charge is -2.40. The van der Waals surface area contributed by atoms with Gasteiger partial charge in [-0.3, -0.25) is 23.7 Å². The molecular formula is C46H50NO9PSi. The lowest BCUT2D eigenvalue weighted by Crippen LogP contribution is -2.48. The first-order chi connectivity index (χ1) is 27.7. The van der Waals surface area contributed by atoms with Gasteiger partial charge in [-0.1, -0.05) is 125 Å². The van der Waals surface area contributed by atoms with Crippen LogP contribution in [-0.4, -0.2) is 51.6 Å². The van der Waals surface area contributed by atoms with Gasteiger partial charge in [-0.25, -0.2) is 4.57 Å². The van der Waals surface area contributed by atoms with E-state index >= 15 is 4.57 Å². The van der Waals surface area contributed by atoms with Gasteiger partial charge in [-0.2, -0.15) is 0 Å². The summed E-state index contributed by atoms with van der Waals surface area (Å²) in [5.41, 5.74) is 8.84. The van der Waals surface area contributed by atoms with E-state index in [-0.39, 0.29) is 48.3 Å². The zero-order chi connectivity index (χ0) is 40.8. The second-order valence-corrected chi connectivity index (χ2v) is 23.3. The summed E-state index contributed by atoms with van der Waals surface area (Å²) in [5, 5.41) is 11.2. The van der Waals surface area contributed by atoms with Crippen molar-refractivity contribution in [3.05, 3.63) is 154 Å². The van der Waals surface area contributed by atoms with Crippen molar-refractivity contribution in [2.24, 2.45) is 5.92 Å². The summed E-state index contributed by atoms with van der Waals surface area (Å²) in [4.78, 5) is 10.8. The largest absolute Gasteiger partial charge is 0.474 e. The van der Waals surface area contributed by atoms with Gasteiger partial charge in [-0.05, 0) is 74.8 Å². The minimum absolute atomic E-state index is 0.0388. The number of phosphoric ester groups is 1. The summed E-state index contributed by atoms with van der Waals surface area (Å²) in [5.74, 6) is -0.227. The van der Waals surface area contributed by atoms with E-state index < -0.39 is 39.6 Å². The molecule has 12 heteroatoms. The van der Waals surface area contributed by atoms with Gasteiger partial charge in [0.15, 0.2) is 8.32 Å². The van der Waals surface area contributed by atoms with Crippen LogP contribution in [0.4, 0.5) is 5.69 Å². The summed E-state index contributed by atoms with van der Waals surface area (Å²) in [7, 11) is -6.65. The Hall–Kier alpha value is -4.45. The highest BCUT2D eigenvalue weighted by atomic mass is 31.2. The summed E-state index contributed by atoms with van der Waals surface area (Å²) < 4.78 is 54.3. The van der Waals surface area contributed by atoms with Crippen molar-refractivity contribution in [2.45, 2.75) is 76.2 Å². The van der Waals surface area contributed by atoms with Crippen LogP contribution in [0.3, 0.4) is 0 Å². The first kappa shape index (κ1) is 40.3. The minimum Gasteiger partial charge on any atom is -0.465 e. The number of hydrogen-bond donors (Lipinski definition) is 0. The van der Waals surface area contributed by atoms with E-state index in [2.05, 4.69) is 82.4 Å². The molecule has 0 N–H and O–H groups in total. The van der Waals surface area contributed by atoms with Gasteiger partial charge in [0.2, 0.25) is 6.29 Å². The number of nitrogens with zero attached hydrogens (tertiary/aromatic N) is 1. The van der Waals surface area contributed by atoms with E-state index in [1.807, 2.05) is 55.5 Å². The van der Waals surface area contributed by atoms with Gasteiger partial charge in [0, 0.05) is 29.9 Å². The van der Waals surface area contributed by atoms with Crippen LogP contribution < -0.4 is 4.74 Å². The zero-order valence-corrected chi connectivity index (χ0v) is 35.6. The first-order valence-corrected chi connectivity index (χ1v) is 24.2. The first-order valence-electron chi connectivity index (χ1n) is 19.9. The summed E-state index contributed by atoms with van der Waals surface area (Å²) in [6.07, 6.45) is -1.96. The number of non-ortho nitro benzene ring substituents is 1. The van der Waals surface area contributed by atoms with E-state index in [1.165, 1.54) is 12.1 Å². The molecular weight excluding hydrogens is 770 g/mol. The second-order valence-electron chi connectivity index (χ2n) is 16.9. The lowest BCUT2D eigenvalue weighted by atomic mass is 9.98. The number of nitro benzene ring substituents is 1. The SMILES string of the molecule is C[C@H]1[C@H](Oc2ccc([N+](=O)[O-])cc2)OC(COP(=O)(OCC2c3ccccc3-c3ccccc32)OCC2c3ccccc3-c3ccccc32)[C@H]1O[Si](C)(C)C(C)(C)C. The van der Waals surface area contributed by atoms with Crippen LogP contribution in [0, 0.1) is 16.0 Å². The highest BCUT2D eigenvalue weighted by Gasteiger charge is 2.50. The second kappa shape index (κ2) is 16.0. The molecule has 1 saturated heterocycles. The Balaban J connectivity index is 1.07. The highest BCUT2D eigenvalue weighted by molar-refractivity contribution is 7.48. The van der Waals surface area contributed by atoms with Crippen molar-refractivity contribution in [2.75, 3.05) is 19.8 Å². The number of benzene rings is 5. The molecule has 0 saturated carbocycles. The number of phosphoric acid groups is 1. The van der Waals surface area contributed by atoms with Crippen molar-refractivity contribution in [3.63, 3.8) is 0 Å². The molecule has 58 heavy (non-hydrogen) atoms. The third-order valence-electron chi connectivity index (χ3n) is 12.3. The fourth-order valence-corrected chi connectivity index (χ4v) is 10.7. The highest BCUT2D eigenvalue weighted by Crippen LogP contribution is 2.56. The van der Waals surface area contributed by atoms with Crippen molar-refractivity contribution in [1.82, 2.24) is 0 Å². The topological polar surface area (TPSA) is 116 Å². The Morgan fingerprint density at radius 1 is 0.672 bits per heavy atom. The minimum atomic E-state index is -4.28. The van der Waals surface area contributed by atoms with Crippen LogP contribution in [0.25, 0.3) is 22.3 Å². The standard InChI is InChI=1S/C46H50NO9PSi/c1-30-44(56-58(5,6)46(2,3)4)43(55-45(30)54-32-25-23-31(24-26-32)47(48)49)29-53-57(50,51-27-41-37-19-11-7-15-33(37)34-16-8-12-20-38(34)41)52-28-42-39-21-13-9-17-35(39)36-18-10-14-22-40(36)42/h7-26,30,41-45H,27-29H2,1-6H3/t30-,43?,44+,45-/m1/s1. The Bertz CT molecular complexity index is 2150. The third-order valence-corrected chi connectivity index (χ3v) is 18.1. The molecule has 1 unspecified atom stereocenters. The summed E-state index contributed by atoms with van der Waals surface area (Å²) in [6, 6.07) is 38.8. The van der Waals surface area contributed by atoms with Crippen LogP contribution in [0.5, 0.6) is 5.75 Å². The summed E-state index contributed by atoms with van der Waals surface area (Å²) in [6.45, 7) is 12.8. The van der Waals surface area contributed by atoms with Gasteiger partial charge in [-0.15, -0.1) is 0 Å². The van der Waals surface area contributed by atoms with E-state index in [1.54, 1.807) is 12.1 Å². The average molecular weight is 820 g/mol. The van der Waals surface area contributed by atoms with Crippen molar-refractivity contribution in [1.29, 1.82) is 0 Å². The third kappa shape index (κ3) is 7.85.